The maximum absolute atomic E-state index is 11.8. The molecule has 1 saturated carbocycles. The Labute approximate surface area is 109 Å². The van der Waals surface area contributed by atoms with Gasteiger partial charge in [-0.25, -0.2) is 0 Å². The van der Waals surface area contributed by atoms with Crippen molar-refractivity contribution in [2.24, 2.45) is 0 Å². The summed E-state index contributed by atoms with van der Waals surface area (Å²) >= 11 is 0. The van der Waals surface area contributed by atoms with Gasteiger partial charge in [0.25, 0.3) is 0 Å². The molecular formula is C16H22O2. The summed E-state index contributed by atoms with van der Waals surface area (Å²) in [5.41, 5.74) is 0.815. The molecule has 98 valence electrons. The zero-order chi connectivity index (χ0) is 12.6. The highest BCUT2D eigenvalue weighted by atomic mass is 16.5. The van der Waals surface area contributed by atoms with E-state index in [1.54, 1.807) is 0 Å². The first kappa shape index (κ1) is 13.3. The summed E-state index contributed by atoms with van der Waals surface area (Å²) < 4.78 is 5.82. The van der Waals surface area contributed by atoms with Gasteiger partial charge in [0.05, 0.1) is 6.10 Å². The van der Waals surface area contributed by atoms with Gasteiger partial charge >= 0.3 is 0 Å². The van der Waals surface area contributed by atoms with E-state index in [2.05, 4.69) is 0 Å². The molecule has 1 fully saturated rings. The minimum Gasteiger partial charge on any atom is -0.378 e. The van der Waals surface area contributed by atoms with Gasteiger partial charge in [0.15, 0.2) is 5.78 Å². The van der Waals surface area contributed by atoms with Gasteiger partial charge in [0.2, 0.25) is 0 Å². The molecule has 0 saturated heterocycles. The lowest BCUT2D eigenvalue weighted by Gasteiger charge is -2.21. The van der Waals surface area contributed by atoms with E-state index in [1.165, 1.54) is 32.1 Å². The Kier molecular flexibility index (Phi) is 5.40. The second kappa shape index (κ2) is 7.32. The lowest BCUT2D eigenvalue weighted by molar-refractivity contribution is 0.0264. The van der Waals surface area contributed by atoms with Crippen LogP contribution in [0.15, 0.2) is 30.3 Å². The summed E-state index contributed by atoms with van der Waals surface area (Å²) in [7, 11) is 0. The molecule has 1 aliphatic rings. The van der Waals surface area contributed by atoms with E-state index in [-0.39, 0.29) is 5.78 Å². The molecule has 0 atom stereocenters. The standard InChI is InChI=1S/C16H22O2/c17-16(14-8-3-1-4-9-14)12-7-13-18-15-10-5-2-6-11-15/h1,3-4,8-9,15H,2,5-7,10-13H2. The van der Waals surface area contributed by atoms with Crippen LogP contribution in [0.4, 0.5) is 0 Å². The van der Waals surface area contributed by atoms with Crippen LogP contribution in [0.25, 0.3) is 0 Å². The molecule has 1 aromatic rings. The van der Waals surface area contributed by atoms with E-state index in [9.17, 15) is 4.79 Å². The molecule has 1 aliphatic carbocycles. The second-order valence-corrected chi connectivity index (χ2v) is 5.02. The van der Waals surface area contributed by atoms with Gasteiger partial charge in [0.1, 0.15) is 0 Å². The molecule has 0 heterocycles. The molecular weight excluding hydrogens is 224 g/mol. The fourth-order valence-corrected chi connectivity index (χ4v) is 2.48. The summed E-state index contributed by atoms with van der Waals surface area (Å²) in [6.45, 7) is 0.725. The molecule has 1 aromatic carbocycles. The Balaban J connectivity index is 1.62. The highest BCUT2D eigenvalue weighted by molar-refractivity contribution is 5.95. The van der Waals surface area contributed by atoms with Gasteiger partial charge in [-0.05, 0) is 19.3 Å². The van der Waals surface area contributed by atoms with Gasteiger partial charge in [-0.15, -0.1) is 0 Å². The predicted octanol–water partition coefficient (Wildman–Crippen LogP) is 4.00. The number of benzene rings is 1. The van der Waals surface area contributed by atoms with Crippen molar-refractivity contribution in [2.45, 2.75) is 51.0 Å². The highest BCUT2D eigenvalue weighted by Crippen LogP contribution is 2.20. The molecule has 0 aliphatic heterocycles. The van der Waals surface area contributed by atoms with E-state index >= 15 is 0 Å². The maximum Gasteiger partial charge on any atom is 0.162 e. The van der Waals surface area contributed by atoms with Gasteiger partial charge < -0.3 is 4.74 Å². The van der Waals surface area contributed by atoms with Gasteiger partial charge in [0, 0.05) is 18.6 Å². The number of carbonyl (C=O) groups is 1. The summed E-state index contributed by atoms with van der Waals surface area (Å²) in [5.74, 6) is 0.225. The Morgan fingerprint density at radius 3 is 2.56 bits per heavy atom. The molecule has 0 radical (unpaired) electrons. The number of Topliss-reactive ketones (excluding diaryl/α,β-unsaturated/α-hetero) is 1. The number of hydrogen-bond donors (Lipinski definition) is 0. The Morgan fingerprint density at radius 2 is 1.83 bits per heavy atom. The summed E-state index contributed by atoms with van der Waals surface area (Å²) in [5, 5.41) is 0. The third kappa shape index (κ3) is 4.26. The van der Waals surface area contributed by atoms with Crippen LogP contribution in [0.2, 0.25) is 0 Å². The van der Waals surface area contributed by atoms with Crippen LogP contribution in [0.5, 0.6) is 0 Å². The van der Waals surface area contributed by atoms with E-state index in [0.29, 0.717) is 12.5 Å². The molecule has 0 unspecified atom stereocenters. The van der Waals surface area contributed by atoms with E-state index in [0.717, 1.165) is 18.6 Å². The van der Waals surface area contributed by atoms with Crippen molar-refractivity contribution in [3.63, 3.8) is 0 Å². The fraction of sp³-hybridized carbons (Fsp3) is 0.562. The maximum atomic E-state index is 11.8. The number of hydrogen-bond acceptors (Lipinski definition) is 2. The zero-order valence-corrected chi connectivity index (χ0v) is 10.9. The van der Waals surface area contributed by atoms with Crippen molar-refractivity contribution in [3.05, 3.63) is 35.9 Å². The topological polar surface area (TPSA) is 26.3 Å². The molecule has 0 amide bonds. The number of ether oxygens (including phenoxy) is 1. The average molecular weight is 246 g/mol. The van der Waals surface area contributed by atoms with Crippen molar-refractivity contribution in [1.82, 2.24) is 0 Å². The lowest BCUT2D eigenvalue weighted by Crippen LogP contribution is -2.17. The van der Waals surface area contributed by atoms with Crippen molar-refractivity contribution in [1.29, 1.82) is 0 Å². The predicted molar refractivity (Wildman–Crippen MR) is 72.8 cm³/mol. The van der Waals surface area contributed by atoms with Crippen LogP contribution in [-0.2, 0) is 4.74 Å². The molecule has 0 spiro atoms. The zero-order valence-electron chi connectivity index (χ0n) is 10.9. The van der Waals surface area contributed by atoms with Gasteiger partial charge in [-0.1, -0.05) is 49.6 Å². The van der Waals surface area contributed by atoms with Crippen LogP contribution < -0.4 is 0 Å². The van der Waals surface area contributed by atoms with Gasteiger partial charge in [-0.2, -0.15) is 0 Å². The van der Waals surface area contributed by atoms with Crippen molar-refractivity contribution in [2.75, 3.05) is 6.61 Å². The normalized spacial score (nSPS) is 16.7. The number of rotatable bonds is 6. The molecule has 0 aromatic heterocycles. The summed E-state index contributed by atoms with van der Waals surface area (Å²) in [6.07, 6.45) is 8.24. The SMILES string of the molecule is O=C(CCCOC1CCCCC1)c1ccccc1. The van der Waals surface area contributed by atoms with Crippen molar-refractivity contribution >= 4 is 5.78 Å². The minimum atomic E-state index is 0.225. The van der Waals surface area contributed by atoms with Crippen molar-refractivity contribution < 1.29 is 9.53 Å². The quantitative estimate of drug-likeness (QED) is 0.560. The first-order valence-corrected chi connectivity index (χ1v) is 7.06. The lowest BCUT2D eigenvalue weighted by atomic mass is 9.98. The molecule has 2 heteroatoms. The Hall–Kier alpha value is -1.15. The molecule has 0 bridgehead atoms. The van der Waals surface area contributed by atoms with Crippen LogP contribution >= 0.6 is 0 Å². The summed E-state index contributed by atoms with van der Waals surface area (Å²) in [4.78, 5) is 11.8. The van der Waals surface area contributed by atoms with Crippen LogP contribution in [0.3, 0.4) is 0 Å². The second-order valence-electron chi connectivity index (χ2n) is 5.02. The smallest absolute Gasteiger partial charge is 0.162 e. The number of carbonyl (C=O) groups excluding carboxylic acids is 1. The van der Waals surface area contributed by atoms with E-state index in [1.807, 2.05) is 30.3 Å². The van der Waals surface area contributed by atoms with Gasteiger partial charge in [-0.3, -0.25) is 4.79 Å². The number of ketones is 1. The third-order valence-electron chi connectivity index (χ3n) is 3.55. The molecule has 2 rings (SSSR count). The van der Waals surface area contributed by atoms with E-state index < -0.39 is 0 Å². The first-order chi connectivity index (χ1) is 8.86. The highest BCUT2D eigenvalue weighted by Gasteiger charge is 2.13. The minimum absolute atomic E-state index is 0.225. The average Bonchev–Trinajstić information content (AvgIpc) is 2.45. The molecule has 0 N–H and O–H groups in total. The van der Waals surface area contributed by atoms with Crippen molar-refractivity contribution in [3.8, 4) is 0 Å². The molecule has 18 heavy (non-hydrogen) atoms. The fourth-order valence-electron chi connectivity index (χ4n) is 2.48. The van der Waals surface area contributed by atoms with Crippen LogP contribution in [-0.4, -0.2) is 18.5 Å². The third-order valence-corrected chi connectivity index (χ3v) is 3.55. The van der Waals surface area contributed by atoms with E-state index in [4.69, 9.17) is 4.74 Å². The largest absolute Gasteiger partial charge is 0.378 e. The van der Waals surface area contributed by atoms with Crippen LogP contribution in [0.1, 0.15) is 55.3 Å². The molecule has 2 nitrogen and oxygen atoms in total. The Bertz CT molecular complexity index is 353. The first-order valence-electron chi connectivity index (χ1n) is 7.06. The Morgan fingerprint density at radius 1 is 1.11 bits per heavy atom. The summed E-state index contributed by atoms with van der Waals surface area (Å²) in [6, 6.07) is 9.51. The monoisotopic (exact) mass is 246 g/mol. The van der Waals surface area contributed by atoms with Crippen LogP contribution in [0, 0.1) is 0 Å².